The van der Waals surface area contributed by atoms with Gasteiger partial charge in [-0.1, -0.05) is 0 Å². The third-order valence-electron chi connectivity index (χ3n) is 1.44. The maximum atomic E-state index is 12.7. The predicted molar refractivity (Wildman–Crippen MR) is 41.5 cm³/mol. The first-order valence-electron chi connectivity index (χ1n) is 3.32. The molecule has 1 N–H and O–H groups in total. The summed E-state index contributed by atoms with van der Waals surface area (Å²) >= 11 is 5.29. The molecule has 13 heavy (non-hydrogen) atoms. The Kier molecular flexibility index (Phi) is 2.98. The Morgan fingerprint density at radius 2 is 2.15 bits per heavy atom. The quantitative estimate of drug-likeness (QED) is 0.748. The lowest BCUT2D eigenvalue weighted by Gasteiger charge is -2.02. The van der Waals surface area contributed by atoms with Crippen LogP contribution in [-0.4, -0.2) is 4.98 Å². The highest BCUT2D eigenvalue weighted by atomic mass is 35.5. The zero-order valence-electron chi connectivity index (χ0n) is 6.28. The Morgan fingerprint density at radius 3 is 2.62 bits per heavy atom. The Balaban J connectivity index is 3.33. The summed E-state index contributed by atoms with van der Waals surface area (Å²) in [5, 5.41) is 0. The minimum Gasteiger partial charge on any atom is -0.322 e. The van der Waals surface area contributed by atoms with Crippen LogP contribution >= 0.6 is 11.6 Å². The molecular weight excluding hydrogens is 207 g/mol. The van der Waals surface area contributed by atoms with Crippen LogP contribution in [0.25, 0.3) is 0 Å². The fraction of sp³-hybridized carbons (Fsp3) is 0.286. The Hall–Kier alpha value is -0.970. The molecule has 0 amide bonds. The first-order valence-corrected chi connectivity index (χ1v) is 3.85. The molecule has 0 spiro atoms. The maximum Gasteiger partial charge on any atom is 0.284 e. The fourth-order valence-corrected chi connectivity index (χ4v) is 0.994. The average molecular weight is 212 g/mol. The molecule has 1 aromatic heterocycles. The highest BCUT2D eigenvalue weighted by Gasteiger charge is 2.16. The van der Waals surface area contributed by atoms with Crippen molar-refractivity contribution in [3.05, 3.63) is 33.5 Å². The van der Waals surface area contributed by atoms with Crippen molar-refractivity contribution in [3.63, 3.8) is 0 Å². The summed E-state index contributed by atoms with van der Waals surface area (Å²) in [5.41, 5.74) is -2.02. The summed E-state index contributed by atoms with van der Waals surface area (Å²) in [6, 6.07) is 0.842. The van der Waals surface area contributed by atoms with Gasteiger partial charge in [0.15, 0.2) is 5.82 Å². The summed E-state index contributed by atoms with van der Waals surface area (Å²) in [4.78, 5) is 12.7. The van der Waals surface area contributed by atoms with Gasteiger partial charge in [0.25, 0.3) is 12.0 Å². The standard InChI is InChI=1S/C7H5ClF3NO/c8-2-3-1-4(6(10)11)5(9)7(13)12-3/h1,6H,2H2,(H,12,13). The van der Waals surface area contributed by atoms with E-state index in [9.17, 15) is 18.0 Å². The zero-order chi connectivity index (χ0) is 10.0. The van der Waals surface area contributed by atoms with Crippen molar-refractivity contribution in [3.8, 4) is 0 Å². The molecule has 0 atom stereocenters. The molecule has 1 aromatic rings. The van der Waals surface area contributed by atoms with Gasteiger partial charge in [0.05, 0.1) is 11.4 Å². The second kappa shape index (κ2) is 3.83. The molecule has 0 unspecified atom stereocenters. The second-order valence-corrected chi connectivity index (χ2v) is 2.59. The van der Waals surface area contributed by atoms with Gasteiger partial charge in [-0.2, -0.15) is 0 Å². The molecule has 6 heteroatoms. The van der Waals surface area contributed by atoms with Crippen molar-refractivity contribution < 1.29 is 13.2 Å². The molecule has 0 saturated carbocycles. The predicted octanol–water partition coefficient (Wildman–Crippen LogP) is 2.19. The Morgan fingerprint density at radius 1 is 1.54 bits per heavy atom. The van der Waals surface area contributed by atoms with Crippen LogP contribution in [0.3, 0.4) is 0 Å². The van der Waals surface area contributed by atoms with Gasteiger partial charge in [-0.15, -0.1) is 11.6 Å². The molecule has 0 aliphatic carbocycles. The van der Waals surface area contributed by atoms with E-state index in [1.165, 1.54) is 0 Å². The van der Waals surface area contributed by atoms with Gasteiger partial charge in [-0.3, -0.25) is 4.79 Å². The molecule has 0 fully saturated rings. The smallest absolute Gasteiger partial charge is 0.284 e. The summed E-state index contributed by atoms with van der Waals surface area (Å²) in [6.07, 6.45) is -3.01. The number of aromatic nitrogens is 1. The average Bonchev–Trinajstić information content (AvgIpc) is 2.09. The third kappa shape index (κ3) is 2.03. The highest BCUT2D eigenvalue weighted by molar-refractivity contribution is 6.16. The van der Waals surface area contributed by atoms with Gasteiger partial charge < -0.3 is 4.98 Å². The SMILES string of the molecule is O=c1[nH]c(CCl)cc(C(F)F)c1F. The Labute approximate surface area is 76.3 Å². The van der Waals surface area contributed by atoms with Crippen molar-refractivity contribution in [1.29, 1.82) is 0 Å². The van der Waals surface area contributed by atoms with Gasteiger partial charge in [0.2, 0.25) is 0 Å². The molecule has 2 nitrogen and oxygen atoms in total. The van der Waals surface area contributed by atoms with Crippen molar-refractivity contribution in [2.45, 2.75) is 12.3 Å². The molecule has 0 aliphatic heterocycles. The number of pyridine rings is 1. The molecule has 0 saturated heterocycles. The molecule has 0 radical (unpaired) electrons. The van der Waals surface area contributed by atoms with Gasteiger partial charge in [0.1, 0.15) is 0 Å². The van der Waals surface area contributed by atoms with Crippen LogP contribution in [0.5, 0.6) is 0 Å². The minimum absolute atomic E-state index is 0.0726. The molecule has 1 rings (SSSR count). The number of alkyl halides is 3. The highest BCUT2D eigenvalue weighted by Crippen LogP contribution is 2.20. The van der Waals surface area contributed by atoms with Crippen molar-refractivity contribution in [1.82, 2.24) is 4.98 Å². The van der Waals surface area contributed by atoms with Crippen LogP contribution < -0.4 is 5.56 Å². The number of hydrogen-bond acceptors (Lipinski definition) is 1. The van der Waals surface area contributed by atoms with Gasteiger partial charge in [-0.05, 0) is 6.07 Å². The van der Waals surface area contributed by atoms with E-state index in [1.54, 1.807) is 0 Å². The van der Waals surface area contributed by atoms with Crippen LogP contribution in [0.15, 0.2) is 10.9 Å². The van der Waals surface area contributed by atoms with Crippen molar-refractivity contribution >= 4 is 11.6 Å². The van der Waals surface area contributed by atoms with E-state index < -0.39 is 23.4 Å². The molecule has 72 valence electrons. The Bertz CT molecular complexity index is 363. The van der Waals surface area contributed by atoms with Crippen molar-refractivity contribution in [2.75, 3.05) is 0 Å². The number of halogens is 4. The van der Waals surface area contributed by atoms with E-state index in [-0.39, 0.29) is 11.6 Å². The van der Waals surface area contributed by atoms with Crippen LogP contribution in [0.4, 0.5) is 13.2 Å². The van der Waals surface area contributed by atoms with E-state index in [2.05, 4.69) is 0 Å². The van der Waals surface area contributed by atoms with E-state index >= 15 is 0 Å². The van der Waals surface area contributed by atoms with Crippen LogP contribution in [0, 0.1) is 5.82 Å². The first kappa shape index (κ1) is 10.1. The number of H-pyrrole nitrogens is 1. The largest absolute Gasteiger partial charge is 0.322 e. The summed E-state index contributed by atoms with van der Waals surface area (Å²) in [6.45, 7) is 0. The topological polar surface area (TPSA) is 32.9 Å². The monoisotopic (exact) mass is 211 g/mol. The van der Waals surface area contributed by atoms with E-state index in [0.717, 1.165) is 6.07 Å². The van der Waals surface area contributed by atoms with E-state index in [4.69, 9.17) is 11.6 Å². The zero-order valence-corrected chi connectivity index (χ0v) is 7.04. The lowest BCUT2D eigenvalue weighted by Crippen LogP contribution is -2.15. The molecule has 0 aromatic carbocycles. The lowest BCUT2D eigenvalue weighted by atomic mass is 10.2. The number of hydrogen-bond donors (Lipinski definition) is 1. The molecular formula is C7H5ClF3NO. The van der Waals surface area contributed by atoms with E-state index in [0.29, 0.717) is 0 Å². The summed E-state index contributed by atoms with van der Waals surface area (Å²) < 4.78 is 36.9. The lowest BCUT2D eigenvalue weighted by molar-refractivity contribution is 0.145. The molecule has 0 aliphatic rings. The van der Waals surface area contributed by atoms with Crippen molar-refractivity contribution in [2.24, 2.45) is 0 Å². The molecule has 1 heterocycles. The van der Waals surface area contributed by atoms with E-state index in [1.807, 2.05) is 4.98 Å². The summed E-state index contributed by atoms with van der Waals surface area (Å²) in [7, 11) is 0. The van der Waals surface area contributed by atoms with Gasteiger partial charge in [0, 0.05) is 5.69 Å². The third-order valence-corrected chi connectivity index (χ3v) is 1.72. The van der Waals surface area contributed by atoms with Gasteiger partial charge >= 0.3 is 0 Å². The summed E-state index contributed by atoms with van der Waals surface area (Å²) in [5.74, 6) is -1.60. The van der Waals surface area contributed by atoms with Crippen LogP contribution in [-0.2, 0) is 5.88 Å². The number of rotatable bonds is 2. The first-order chi connectivity index (χ1) is 6.06. The van der Waals surface area contributed by atoms with Gasteiger partial charge in [-0.25, -0.2) is 13.2 Å². The number of nitrogens with one attached hydrogen (secondary N) is 1. The minimum atomic E-state index is -3.01. The maximum absolute atomic E-state index is 12.7. The second-order valence-electron chi connectivity index (χ2n) is 2.33. The van der Waals surface area contributed by atoms with Crippen LogP contribution in [0.1, 0.15) is 17.7 Å². The molecule has 0 bridgehead atoms. The van der Waals surface area contributed by atoms with Crippen LogP contribution in [0.2, 0.25) is 0 Å². The fourth-order valence-electron chi connectivity index (χ4n) is 0.850. The number of aromatic amines is 1. The normalized spacial score (nSPS) is 10.8.